The molecule has 2 rings (SSSR count). The van der Waals surface area contributed by atoms with Crippen molar-refractivity contribution in [2.24, 2.45) is 11.0 Å². The largest absolute Gasteiger partial charge is 0.379 e. The summed E-state index contributed by atoms with van der Waals surface area (Å²) in [5, 5.41) is 3.84. The van der Waals surface area contributed by atoms with E-state index in [4.69, 9.17) is 4.74 Å². The molecule has 2 aliphatic rings. The highest BCUT2D eigenvalue weighted by molar-refractivity contribution is 6.39. The number of nitrogens with zero attached hydrogens (tertiary/aromatic N) is 2. The van der Waals surface area contributed by atoms with E-state index in [2.05, 4.69) is 17.5 Å². The molecule has 2 atom stereocenters. The Labute approximate surface area is 106 Å². The van der Waals surface area contributed by atoms with E-state index < -0.39 is 0 Å². The molecule has 1 fully saturated rings. The van der Waals surface area contributed by atoms with Gasteiger partial charge in [-0.05, 0) is 12.3 Å². The third-order valence-corrected chi connectivity index (χ3v) is 3.63. The first kappa shape index (κ1) is 13.0. The minimum atomic E-state index is -0.131. The molecule has 1 saturated heterocycles. The van der Waals surface area contributed by atoms with Crippen molar-refractivity contribution >= 4 is 17.5 Å². The standard InChI is InChI=1S/C12H19N3O3/c1-8-5-6-15(7-10(8)18-2)12(17)9-3-4-11(16)14-13-9/h8,10H,3-7H2,1-2H3,(H,14,16). The molecule has 0 saturated carbocycles. The fourth-order valence-corrected chi connectivity index (χ4v) is 2.34. The lowest BCUT2D eigenvalue weighted by Gasteiger charge is -2.36. The molecule has 0 aromatic heterocycles. The van der Waals surface area contributed by atoms with Crippen molar-refractivity contribution in [1.82, 2.24) is 10.3 Å². The Kier molecular flexibility index (Phi) is 3.96. The average Bonchev–Trinajstić information content (AvgIpc) is 2.39. The van der Waals surface area contributed by atoms with Gasteiger partial charge in [0.1, 0.15) is 5.71 Å². The minimum absolute atomic E-state index is 0.0797. The molecule has 2 amide bonds. The van der Waals surface area contributed by atoms with Crippen LogP contribution in [0.4, 0.5) is 0 Å². The van der Waals surface area contributed by atoms with E-state index in [1.165, 1.54) is 0 Å². The zero-order valence-electron chi connectivity index (χ0n) is 10.8. The first-order valence-electron chi connectivity index (χ1n) is 6.29. The summed E-state index contributed by atoms with van der Waals surface area (Å²) in [7, 11) is 1.67. The summed E-state index contributed by atoms with van der Waals surface area (Å²) >= 11 is 0. The monoisotopic (exact) mass is 253 g/mol. The van der Waals surface area contributed by atoms with Crippen LogP contribution >= 0.6 is 0 Å². The summed E-state index contributed by atoms with van der Waals surface area (Å²) in [4.78, 5) is 25.0. The number of ether oxygens (including phenoxy) is 1. The zero-order chi connectivity index (χ0) is 13.1. The molecule has 6 heteroatoms. The van der Waals surface area contributed by atoms with E-state index in [0.29, 0.717) is 31.0 Å². The van der Waals surface area contributed by atoms with Gasteiger partial charge in [0.25, 0.3) is 5.91 Å². The van der Waals surface area contributed by atoms with Crippen LogP contribution in [0.25, 0.3) is 0 Å². The molecular formula is C12H19N3O3. The number of hydrogen-bond donors (Lipinski definition) is 1. The summed E-state index contributed by atoms with van der Waals surface area (Å²) in [6, 6.07) is 0. The SMILES string of the molecule is COC1CN(C(=O)C2=NNC(=O)CC2)CCC1C. The van der Waals surface area contributed by atoms with Crippen molar-refractivity contribution in [1.29, 1.82) is 0 Å². The highest BCUT2D eigenvalue weighted by Crippen LogP contribution is 2.20. The number of likely N-dealkylation sites (tertiary alicyclic amines) is 1. The maximum Gasteiger partial charge on any atom is 0.270 e. The molecule has 6 nitrogen and oxygen atoms in total. The first-order chi connectivity index (χ1) is 8.61. The van der Waals surface area contributed by atoms with E-state index in [1.807, 2.05) is 0 Å². The van der Waals surface area contributed by atoms with E-state index in [1.54, 1.807) is 12.0 Å². The van der Waals surface area contributed by atoms with Gasteiger partial charge < -0.3 is 9.64 Å². The van der Waals surface area contributed by atoms with Gasteiger partial charge in [0.05, 0.1) is 6.10 Å². The summed E-state index contributed by atoms with van der Waals surface area (Å²) < 4.78 is 5.38. The van der Waals surface area contributed by atoms with Gasteiger partial charge in [-0.2, -0.15) is 5.10 Å². The Morgan fingerprint density at radius 1 is 1.50 bits per heavy atom. The number of hydrazone groups is 1. The minimum Gasteiger partial charge on any atom is -0.379 e. The predicted octanol–water partition coefficient (Wildman–Crippen LogP) is 0.136. The molecule has 0 aromatic rings. The molecule has 0 aliphatic carbocycles. The van der Waals surface area contributed by atoms with Gasteiger partial charge in [0.15, 0.2) is 0 Å². The highest BCUT2D eigenvalue weighted by atomic mass is 16.5. The zero-order valence-corrected chi connectivity index (χ0v) is 10.8. The van der Waals surface area contributed by atoms with Crippen LogP contribution in [0.5, 0.6) is 0 Å². The van der Waals surface area contributed by atoms with Crippen LogP contribution in [0.3, 0.4) is 0 Å². The topological polar surface area (TPSA) is 71.0 Å². The maximum absolute atomic E-state index is 12.2. The van der Waals surface area contributed by atoms with Crippen molar-refractivity contribution in [3.8, 4) is 0 Å². The van der Waals surface area contributed by atoms with Gasteiger partial charge in [-0.3, -0.25) is 9.59 Å². The molecule has 0 radical (unpaired) electrons. The Balaban J connectivity index is 1.99. The number of rotatable bonds is 2. The summed E-state index contributed by atoms with van der Waals surface area (Å²) in [5.41, 5.74) is 2.80. The van der Waals surface area contributed by atoms with Crippen LogP contribution in [0.1, 0.15) is 26.2 Å². The van der Waals surface area contributed by atoms with Gasteiger partial charge in [-0.1, -0.05) is 6.92 Å². The second kappa shape index (κ2) is 5.48. The molecular weight excluding hydrogens is 234 g/mol. The van der Waals surface area contributed by atoms with Gasteiger partial charge in [-0.15, -0.1) is 0 Å². The molecule has 2 unspecified atom stereocenters. The van der Waals surface area contributed by atoms with Crippen LogP contribution in [0.15, 0.2) is 5.10 Å². The molecule has 2 heterocycles. The van der Waals surface area contributed by atoms with E-state index >= 15 is 0 Å². The van der Waals surface area contributed by atoms with Gasteiger partial charge >= 0.3 is 0 Å². The maximum atomic E-state index is 12.2. The predicted molar refractivity (Wildman–Crippen MR) is 66.0 cm³/mol. The van der Waals surface area contributed by atoms with Crippen LogP contribution in [-0.2, 0) is 14.3 Å². The van der Waals surface area contributed by atoms with Crippen LogP contribution in [0.2, 0.25) is 0 Å². The molecule has 0 bridgehead atoms. The second-order valence-corrected chi connectivity index (χ2v) is 4.88. The number of carbonyl (C=O) groups is 2. The Morgan fingerprint density at radius 2 is 2.28 bits per heavy atom. The summed E-state index contributed by atoms with van der Waals surface area (Å²) in [6.45, 7) is 3.46. The van der Waals surface area contributed by atoms with Crippen molar-refractivity contribution < 1.29 is 14.3 Å². The quantitative estimate of drug-likeness (QED) is 0.760. The van der Waals surface area contributed by atoms with Crippen molar-refractivity contribution in [2.45, 2.75) is 32.3 Å². The smallest absolute Gasteiger partial charge is 0.270 e. The van der Waals surface area contributed by atoms with Crippen molar-refractivity contribution in [3.63, 3.8) is 0 Å². The molecule has 1 N–H and O–H groups in total. The van der Waals surface area contributed by atoms with E-state index in [9.17, 15) is 9.59 Å². The normalized spacial score (nSPS) is 28.7. The number of methoxy groups -OCH3 is 1. The second-order valence-electron chi connectivity index (χ2n) is 4.88. The molecule has 0 spiro atoms. The Bertz CT molecular complexity index is 381. The van der Waals surface area contributed by atoms with Gasteiger partial charge in [-0.25, -0.2) is 5.43 Å². The van der Waals surface area contributed by atoms with Crippen LogP contribution in [0, 0.1) is 5.92 Å². The summed E-state index contributed by atoms with van der Waals surface area (Å²) in [5.74, 6) is 0.254. The fourth-order valence-electron chi connectivity index (χ4n) is 2.34. The lowest BCUT2D eigenvalue weighted by molar-refractivity contribution is -0.129. The van der Waals surface area contributed by atoms with Gasteiger partial charge in [0.2, 0.25) is 5.91 Å². The Hall–Kier alpha value is -1.43. The van der Waals surface area contributed by atoms with Gasteiger partial charge in [0, 0.05) is 33.0 Å². The third kappa shape index (κ3) is 2.69. The fraction of sp³-hybridized carbons (Fsp3) is 0.750. The molecule has 18 heavy (non-hydrogen) atoms. The van der Waals surface area contributed by atoms with Crippen molar-refractivity contribution in [2.75, 3.05) is 20.2 Å². The van der Waals surface area contributed by atoms with E-state index in [0.717, 1.165) is 13.0 Å². The van der Waals surface area contributed by atoms with Crippen molar-refractivity contribution in [3.05, 3.63) is 0 Å². The first-order valence-corrected chi connectivity index (χ1v) is 6.29. The number of carbonyl (C=O) groups excluding carboxylic acids is 2. The van der Waals surface area contributed by atoms with Crippen LogP contribution < -0.4 is 5.43 Å². The number of nitrogens with one attached hydrogen (secondary N) is 1. The lowest BCUT2D eigenvalue weighted by atomic mass is 9.95. The molecule has 100 valence electrons. The molecule has 0 aromatic carbocycles. The number of amides is 2. The van der Waals surface area contributed by atoms with Crippen LogP contribution in [-0.4, -0.2) is 48.7 Å². The average molecular weight is 253 g/mol. The lowest BCUT2D eigenvalue weighted by Crippen LogP contribution is -2.49. The number of hydrogen-bond acceptors (Lipinski definition) is 4. The van der Waals surface area contributed by atoms with E-state index in [-0.39, 0.29) is 17.9 Å². The third-order valence-electron chi connectivity index (χ3n) is 3.63. The molecule has 2 aliphatic heterocycles. The Morgan fingerprint density at radius 3 is 2.89 bits per heavy atom. The number of piperidine rings is 1. The highest BCUT2D eigenvalue weighted by Gasteiger charge is 2.31. The summed E-state index contributed by atoms with van der Waals surface area (Å²) in [6.07, 6.45) is 1.78.